The fraction of sp³-hybridized carbons (Fsp3) is 0.294. The number of halogens is 1. The van der Waals surface area contributed by atoms with E-state index in [0.717, 1.165) is 12.0 Å². The van der Waals surface area contributed by atoms with Gasteiger partial charge in [0.2, 0.25) is 0 Å². The molecule has 2 rings (SSSR count). The molecule has 0 spiro atoms. The zero-order valence-corrected chi connectivity index (χ0v) is 12.5. The number of ether oxygens (including phenoxy) is 2. The van der Waals surface area contributed by atoms with Crippen LogP contribution in [0.3, 0.4) is 0 Å². The maximum Gasteiger partial charge on any atom is 0.169 e. The Labute approximate surface area is 124 Å². The van der Waals surface area contributed by atoms with Crippen LogP contribution in [0, 0.1) is 5.82 Å². The standard InChI is InChI=1S/C17H20FNO2/c1-4-12-8-9-15(16(10-12)20-3)21-17-13(11(2)19)6-5-7-14(17)18/h5-11H,4,19H2,1-3H3. The summed E-state index contributed by atoms with van der Waals surface area (Å²) < 4.78 is 25.1. The number of hydrogen-bond donors (Lipinski definition) is 1. The third-order valence-corrected chi connectivity index (χ3v) is 3.34. The van der Waals surface area contributed by atoms with Crippen LogP contribution in [-0.2, 0) is 6.42 Å². The molecule has 0 aliphatic carbocycles. The van der Waals surface area contributed by atoms with E-state index < -0.39 is 5.82 Å². The number of nitrogens with two attached hydrogens (primary N) is 1. The summed E-state index contributed by atoms with van der Waals surface area (Å²) >= 11 is 0. The molecule has 0 saturated carbocycles. The smallest absolute Gasteiger partial charge is 0.169 e. The molecule has 0 aliphatic heterocycles. The van der Waals surface area contributed by atoms with Crippen LogP contribution in [0.25, 0.3) is 0 Å². The second-order valence-electron chi connectivity index (χ2n) is 4.89. The first-order valence-electron chi connectivity index (χ1n) is 6.95. The molecule has 0 aromatic heterocycles. The van der Waals surface area contributed by atoms with E-state index >= 15 is 0 Å². The highest BCUT2D eigenvalue weighted by Gasteiger charge is 2.16. The zero-order chi connectivity index (χ0) is 15.4. The van der Waals surface area contributed by atoms with Gasteiger partial charge in [0.05, 0.1) is 7.11 Å². The summed E-state index contributed by atoms with van der Waals surface area (Å²) in [5, 5.41) is 0. The molecule has 0 radical (unpaired) electrons. The third-order valence-electron chi connectivity index (χ3n) is 3.34. The lowest BCUT2D eigenvalue weighted by Crippen LogP contribution is -2.08. The molecule has 3 nitrogen and oxygen atoms in total. The van der Waals surface area contributed by atoms with Gasteiger partial charge in [-0.15, -0.1) is 0 Å². The molecule has 0 bridgehead atoms. The Morgan fingerprint density at radius 1 is 1.19 bits per heavy atom. The highest BCUT2D eigenvalue weighted by Crippen LogP contribution is 2.36. The van der Waals surface area contributed by atoms with E-state index in [-0.39, 0.29) is 11.8 Å². The van der Waals surface area contributed by atoms with Crippen molar-refractivity contribution in [1.29, 1.82) is 0 Å². The lowest BCUT2D eigenvalue weighted by atomic mass is 10.1. The molecule has 2 aromatic carbocycles. The number of benzene rings is 2. The second-order valence-corrected chi connectivity index (χ2v) is 4.89. The van der Waals surface area contributed by atoms with Crippen molar-refractivity contribution in [2.45, 2.75) is 26.3 Å². The van der Waals surface area contributed by atoms with E-state index in [4.69, 9.17) is 15.2 Å². The van der Waals surface area contributed by atoms with Crippen molar-refractivity contribution in [1.82, 2.24) is 0 Å². The first-order valence-corrected chi connectivity index (χ1v) is 6.95. The molecule has 4 heteroatoms. The van der Waals surface area contributed by atoms with E-state index in [9.17, 15) is 4.39 Å². The molecule has 1 atom stereocenters. The van der Waals surface area contributed by atoms with Crippen molar-refractivity contribution in [2.24, 2.45) is 5.73 Å². The number of para-hydroxylation sites is 1. The van der Waals surface area contributed by atoms with E-state index in [1.54, 1.807) is 32.2 Å². The minimum Gasteiger partial charge on any atom is -0.493 e. The van der Waals surface area contributed by atoms with E-state index in [1.165, 1.54) is 6.07 Å². The second kappa shape index (κ2) is 6.59. The van der Waals surface area contributed by atoms with Crippen molar-refractivity contribution in [3.05, 3.63) is 53.3 Å². The minimum atomic E-state index is -0.438. The van der Waals surface area contributed by atoms with Crippen molar-refractivity contribution < 1.29 is 13.9 Å². The Bertz CT molecular complexity index is 626. The first-order chi connectivity index (χ1) is 10.1. The van der Waals surface area contributed by atoms with Gasteiger partial charge in [0, 0.05) is 11.6 Å². The Morgan fingerprint density at radius 2 is 1.95 bits per heavy atom. The van der Waals surface area contributed by atoms with E-state index in [0.29, 0.717) is 17.1 Å². The third kappa shape index (κ3) is 3.34. The molecule has 2 N–H and O–H groups in total. The molecule has 1 unspecified atom stereocenters. The van der Waals surface area contributed by atoms with Crippen LogP contribution < -0.4 is 15.2 Å². The predicted molar refractivity (Wildman–Crippen MR) is 81.4 cm³/mol. The molecule has 2 aromatic rings. The predicted octanol–water partition coefficient (Wildman–Crippen LogP) is 4.21. The molecule has 21 heavy (non-hydrogen) atoms. The summed E-state index contributed by atoms with van der Waals surface area (Å²) in [4.78, 5) is 0. The Balaban J connectivity index is 2.43. The molecular weight excluding hydrogens is 269 g/mol. The first kappa shape index (κ1) is 15.3. The van der Waals surface area contributed by atoms with Gasteiger partial charge in [-0.3, -0.25) is 0 Å². The lowest BCUT2D eigenvalue weighted by molar-refractivity contribution is 0.367. The van der Waals surface area contributed by atoms with Gasteiger partial charge in [-0.25, -0.2) is 4.39 Å². The summed E-state index contributed by atoms with van der Waals surface area (Å²) in [5.74, 6) is 0.761. The minimum absolute atomic E-state index is 0.148. The van der Waals surface area contributed by atoms with Crippen LogP contribution in [-0.4, -0.2) is 7.11 Å². The number of hydrogen-bond acceptors (Lipinski definition) is 3. The van der Waals surface area contributed by atoms with Gasteiger partial charge in [0.25, 0.3) is 0 Å². The molecule has 112 valence electrons. The summed E-state index contributed by atoms with van der Waals surface area (Å²) in [5.41, 5.74) is 7.62. The maximum atomic E-state index is 14.1. The highest BCUT2D eigenvalue weighted by molar-refractivity contribution is 5.47. The number of rotatable bonds is 5. The number of methoxy groups -OCH3 is 1. The fourth-order valence-electron chi connectivity index (χ4n) is 2.12. The lowest BCUT2D eigenvalue weighted by Gasteiger charge is -2.16. The van der Waals surface area contributed by atoms with Crippen molar-refractivity contribution >= 4 is 0 Å². The van der Waals surface area contributed by atoms with Crippen LogP contribution in [0.2, 0.25) is 0 Å². The van der Waals surface area contributed by atoms with Gasteiger partial charge in [0.15, 0.2) is 23.1 Å². The molecule has 0 saturated heterocycles. The van der Waals surface area contributed by atoms with Gasteiger partial charge < -0.3 is 15.2 Å². The van der Waals surface area contributed by atoms with Gasteiger partial charge in [-0.2, -0.15) is 0 Å². The molecule has 0 fully saturated rings. The molecular formula is C17H20FNO2. The highest BCUT2D eigenvalue weighted by atomic mass is 19.1. The van der Waals surface area contributed by atoms with Crippen molar-refractivity contribution in [3.8, 4) is 17.2 Å². The largest absolute Gasteiger partial charge is 0.493 e. The average Bonchev–Trinajstić information content (AvgIpc) is 2.49. The van der Waals surface area contributed by atoms with Crippen LogP contribution in [0.15, 0.2) is 36.4 Å². The number of aryl methyl sites for hydroxylation is 1. The summed E-state index contributed by atoms with van der Waals surface area (Å²) in [6.07, 6.45) is 0.890. The molecule has 0 heterocycles. The Kier molecular flexibility index (Phi) is 4.81. The Hall–Kier alpha value is -2.07. The fourth-order valence-corrected chi connectivity index (χ4v) is 2.12. The van der Waals surface area contributed by atoms with Crippen molar-refractivity contribution in [2.75, 3.05) is 7.11 Å². The van der Waals surface area contributed by atoms with Gasteiger partial charge >= 0.3 is 0 Å². The average molecular weight is 289 g/mol. The van der Waals surface area contributed by atoms with Crippen LogP contribution in [0.4, 0.5) is 4.39 Å². The summed E-state index contributed by atoms with van der Waals surface area (Å²) in [6, 6.07) is 10.0. The van der Waals surface area contributed by atoms with Gasteiger partial charge in [0.1, 0.15) is 0 Å². The summed E-state index contributed by atoms with van der Waals surface area (Å²) in [6.45, 7) is 3.85. The molecule has 0 aliphatic rings. The van der Waals surface area contributed by atoms with Crippen molar-refractivity contribution in [3.63, 3.8) is 0 Å². The van der Waals surface area contributed by atoms with Crippen LogP contribution >= 0.6 is 0 Å². The summed E-state index contributed by atoms with van der Waals surface area (Å²) in [7, 11) is 1.56. The Morgan fingerprint density at radius 3 is 2.57 bits per heavy atom. The SMILES string of the molecule is CCc1ccc(Oc2c(F)cccc2C(C)N)c(OC)c1. The van der Waals surface area contributed by atoms with E-state index in [1.807, 2.05) is 12.1 Å². The van der Waals surface area contributed by atoms with Crippen LogP contribution in [0.5, 0.6) is 17.2 Å². The quantitative estimate of drug-likeness (QED) is 0.896. The van der Waals surface area contributed by atoms with Gasteiger partial charge in [-0.05, 0) is 37.1 Å². The molecule has 0 amide bonds. The topological polar surface area (TPSA) is 44.5 Å². The monoisotopic (exact) mass is 289 g/mol. The van der Waals surface area contributed by atoms with Crippen LogP contribution in [0.1, 0.15) is 31.0 Å². The van der Waals surface area contributed by atoms with Gasteiger partial charge in [-0.1, -0.05) is 25.1 Å². The normalized spacial score (nSPS) is 12.0. The maximum absolute atomic E-state index is 14.1. The zero-order valence-electron chi connectivity index (χ0n) is 12.5. The van der Waals surface area contributed by atoms with E-state index in [2.05, 4.69) is 6.92 Å².